The number of carbonyl (C=O) groups excluding carboxylic acids is 1. The van der Waals surface area contributed by atoms with Gasteiger partial charge < -0.3 is 14.5 Å². The van der Waals surface area contributed by atoms with Crippen LogP contribution in [0, 0.1) is 5.41 Å². The van der Waals surface area contributed by atoms with Gasteiger partial charge in [-0.15, -0.1) is 22.0 Å². The van der Waals surface area contributed by atoms with Crippen molar-refractivity contribution >= 4 is 60.6 Å². The van der Waals surface area contributed by atoms with Crippen LogP contribution in [0.4, 0.5) is 5.69 Å². The van der Waals surface area contributed by atoms with Crippen molar-refractivity contribution in [1.29, 1.82) is 5.41 Å². The Morgan fingerprint density at radius 2 is 1.92 bits per heavy atom. The Labute approximate surface area is 222 Å². The number of anilines is 1. The zero-order valence-electron chi connectivity index (χ0n) is 20.0. The van der Waals surface area contributed by atoms with E-state index in [0.29, 0.717) is 5.56 Å². The molecule has 0 aliphatic carbocycles. The number of para-hydroxylation sites is 1. The lowest BCUT2D eigenvalue weighted by Gasteiger charge is -2.16. The molecule has 1 aromatic heterocycles. The van der Waals surface area contributed by atoms with Crippen molar-refractivity contribution in [2.75, 3.05) is 23.8 Å². The van der Waals surface area contributed by atoms with Crippen LogP contribution in [0.3, 0.4) is 0 Å². The van der Waals surface area contributed by atoms with E-state index in [4.69, 9.17) is 14.6 Å². The molecule has 2 N–H and O–H groups in total. The fourth-order valence-corrected chi connectivity index (χ4v) is 4.47. The average Bonchev–Trinajstić information content (AvgIpc) is 3.34. The van der Waals surface area contributed by atoms with Crippen LogP contribution in [-0.2, 0) is 19.4 Å². The molecule has 0 aliphatic rings. The summed E-state index contributed by atoms with van der Waals surface area (Å²) in [6.45, 7) is 4.08. The molecule has 36 heavy (non-hydrogen) atoms. The highest BCUT2D eigenvalue weighted by Gasteiger charge is 2.24. The Morgan fingerprint density at radius 3 is 2.58 bits per heavy atom. The molecule has 190 valence electrons. The minimum atomic E-state index is -3.44. The van der Waals surface area contributed by atoms with Gasteiger partial charge in [0, 0.05) is 17.5 Å². The fourth-order valence-electron chi connectivity index (χ4n) is 3.15. The quantitative estimate of drug-likeness (QED) is 0.182. The summed E-state index contributed by atoms with van der Waals surface area (Å²) in [5.41, 5.74) is 1.87. The topological polar surface area (TPSA) is 135 Å². The molecular weight excluding hydrogens is 568 g/mol. The molecule has 0 atom stereocenters. The first-order chi connectivity index (χ1) is 17.0. The number of rotatable bonds is 10. The van der Waals surface area contributed by atoms with Gasteiger partial charge in [0.05, 0.1) is 9.38 Å². The highest BCUT2D eigenvalue weighted by atomic mass is 79.9. The van der Waals surface area contributed by atoms with Crippen LogP contribution in [-0.4, -0.2) is 48.7 Å². The third-order valence-corrected chi connectivity index (χ3v) is 7.20. The van der Waals surface area contributed by atoms with E-state index in [1.165, 1.54) is 23.9 Å². The number of hydrogen-bond acceptors (Lipinski definition) is 10. The number of thioether (sulfide) groups is 1. The Hall–Kier alpha value is -2.96. The molecule has 1 heterocycles. The first-order valence-corrected chi connectivity index (χ1v) is 14.8. The van der Waals surface area contributed by atoms with Gasteiger partial charge in [-0.05, 0) is 57.9 Å². The van der Waals surface area contributed by atoms with Crippen molar-refractivity contribution in [3.8, 4) is 11.5 Å². The highest BCUT2D eigenvalue weighted by molar-refractivity contribution is 9.12. The Bertz CT molecular complexity index is 1420. The maximum atomic E-state index is 12.4. The van der Waals surface area contributed by atoms with Gasteiger partial charge in [0.1, 0.15) is 11.6 Å². The van der Waals surface area contributed by atoms with Gasteiger partial charge in [0.2, 0.25) is 5.89 Å². The molecular formula is C24H25BrN4O5S2. The van der Waals surface area contributed by atoms with E-state index in [0.717, 1.165) is 17.5 Å². The van der Waals surface area contributed by atoms with Gasteiger partial charge in [-0.25, -0.2) is 13.2 Å². The molecule has 0 radical (unpaired) electrons. The van der Waals surface area contributed by atoms with Gasteiger partial charge in [-0.1, -0.05) is 38.1 Å². The lowest BCUT2D eigenvalue weighted by molar-refractivity contribution is -0.133. The van der Waals surface area contributed by atoms with E-state index in [-0.39, 0.29) is 38.7 Å². The summed E-state index contributed by atoms with van der Waals surface area (Å²) in [6.07, 6.45) is 2.89. The molecule has 3 rings (SSSR count). The van der Waals surface area contributed by atoms with Gasteiger partial charge in [-0.3, -0.25) is 5.41 Å². The molecule has 0 aliphatic heterocycles. The molecule has 0 bridgehead atoms. The second-order valence-electron chi connectivity index (χ2n) is 7.98. The van der Waals surface area contributed by atoms with Crippen molar-refractivity contribution in [2.24, 2.45) is 0 Å². The second kappa shape index (κ2) is 11.8. The number of halogens is 1. The lowest BCUT2D eigenvalue weighted by Crippen LogP contribution is -2.19. The first kappa shape index (κ1) is 27.6. The Kier molecular flexibility index (Phi) is 9.09. The second-order valence-corrected chi connectivity index (χ2v) is 11.6. The Balaban J connectivity index is 2.09. The van der Waals surface area contributed by atoms with Crippen molar-refractivity contribution in [1.82, 2.24) is 10.2 Å². The lowest BCUT2D eigenvalue weighted by atomic mass is 10.0. The van der Waals surface area contributed by atoms with Crippen LogP contribution < -0.4 is 5.32 Å². The normalized spacial score (nSPS) is 12.3. The molecule has 2 aromatic carbocycles. The Morgan fingerprint density at radius 1 is 1.19 bits per heavy atom. The zero-order valence-corrected chi connectivity index (χ0v) is 23.3. The number of esters is 1. The predicted octanol–water partition coefficient (Wildman–Crippen LogP) is 5.32. The molecule has 0 saturated carbocycles. The third kappa shape index (κ3) is 6.62. The minimum absolute atomic E-state index is 0.0115. The monoisotopic (exact) mass is 592 g/mol. The van der Waals surface area contributed by atoms with Gasteiger partial charge >= 0.3 is 5.97 Å². The summed E-state index contributed by atoms with van der Waals surface area (Å²) >= 11 is 4.64. The summed E-state index contributed by atoms with van der Waals surface area (Å²) in [5, 5.41) is 19.7. The predicted molar refractivity (Wildman–Crippen MR) is 145 cm³/mol. The largest absolute Gasteiger partial charge is 0.450 e. The van der Waals surface area contributed by atoms with E-state index in [1.807, 2.05) is 38.1 Å². The van der Waals surface area contributed by atoms with Gasteiger partial charge in [0.25, 0.3) is 5.89 Å². The maximum Gasteiger partial charge on any atom is 0.358 e. The molecule has 0 amide bonds. The maximum absolute atomic E-state index is 12.4. The van der Waals surface area contributed by atoms with Crippen molar-refractivity contribution in [2.45, 2.75) is 24.7 Å². The number of ether oxygens (including phenoxy) is 1. The molecule has 12 heteroatoms. The fraction of sp³-hybridized carbons (Fsp3) is 0.250. The summed E-state index contributed by atoms with van der Waals surface area (Å²) in [5.74, 6) is -0.488. The number of nitrogens with one attached hydrogen (secondary N) is 2. The summed E-state index contributed by atoms with van der Waals surface area (Å²) in [4.78, 5) is 12.5. The molecule has 0 spiro atoms. The highest BCUT2D eigenvalue weighted by Crippen LogP contribution is 2.32. The minimum Gasteiger partial charge on any atom is -0.450 e. The van der Waals surface area contributed by atoms with Gasteiger partial charge in [0.15, 0.2) is 15.5 Å². The number of sulfone groups is 1. The molecule has 0 saturated heterocycles. The number of hydrogen-bond donors (Lipinski definition) is 2. The summed E-state index contributed by atoms with van der Waals surface area (Å²) in [7, 11) is -3.44. The summed E-state index contributed by atoms with van der Waals surface area (Å²) in [6, 6.07) is 13.7. The van der Waals surface area contributed by atoms with E-state index < -0.39 is 21.5 Å². The van der Waals surface area contributed by atoms with Crippen LogP contribution in [0.1, 0.15) is 31.2 Å². The first-order valence-electron chi connectivity index (χ1n) is 10.7. The van der Waals surface area contributed by atoms with Crippen molar-refractivity contribution in [3.05, 3.63) is 64.5 Å². The smallest absolute Gasteiger partial charge is 0.358 e. The number of nitrogens with zero attached hydrogens (tertiary/aromatic N) is 2. The van der Waals surface area contributed by atoms with E-state index in [1.54, 1.807) is 18.4 Å². The summed E-state index contributed by atoms with van der Waals surface area (Å²) < 4.78 is 34.9. The van der Waals surface area contributed by atoms with Crippen LogP contribution >= 0.6 is 27.7 Å². The molecule has 0 fully saturated rings. The van der Waals surface area contributed by atoms with Crippen LogP contribution in [0.25, 0.3) is 17.2 Å². The standard InChI is InChI=1S/C24H25BrN4O5S2/c1-14(2)17-10-5-6-11-18(17)27-21(19(25)20(26)24(30)33-13-35-3)23-29-28-22(34-23)15-8-7-9-16(12-15)36(4,31)32/h5-12,14,26-27H,13H2,1-4H3/b21-19+,26-20?. The van der Waals surface area contributed by atoms with E-state index in [2.05, 4.69) is 31.4 Å². The molecule has 0 unspecified atom stereocenters. The van der Waals surface area contributed by atoms with Crippen LogP contribution in [0.5, 0.6) is 0 Å². The molecule has 9 nitrogen and oxygen atoms in total. The number of benzene rings is 2. The SMILES string of the molecule is CSCOC(=O)C(=N)/C(Br)=C(\Nc1ccccc1C(C)C)c1nnc(-c2cccc(S(C)(=O)=O)c2)o1. The zero-order chi connectivity index (χ0) is 26.5. The van der Waals surface area contributed by atoms with Crippen molar-refractivity contribution in [3.63, 3.8) is 0 Å². The van der Waals surface area contributed by atoms with Crippen LogP contribution in [0.15, 0.2) is 62.3 Å². The number of aromatic nitrogens is 2. The molecule has 3 aromatic rings. The third-order valence-electron chi connectivity index (χ3n) is 4.94. The average molecular weight is 594 g/mol. The van der Waals surface area contributed by atoms with Crippen LogP contribution in [0.2, 0.25) is 0 Å². The van der Waals surface area contributed by atoms with Crippen molar-refractivity contribution < 1.29 is 22.4 Å². The number of carbonyl (C=O) groups is 1. The van der Waals surface area contributed by atoms with E-state index >= 15 is 0 Å². The van der Waals surface area contributed by atoms with Gasteiger partial charge in [-0.2, -0.15) is 0 Å². The van der Waals surface area contributed by atoms with E-state index in [9.17, 15) is 13.2 Å².